The molecule has 1 aromatic carbocycles. The lowest BCUT2D eigenvalue weighted by Crippen LogP contribution is -2.45. The highest BCUT2D eigenvalue weighted by molar-refractivity contribution is 7.13. The van der Waals surface area contributed by atoms with Crippen molar-refractivity contribution in [2.24, 2.45) is 0 Å². The van der Waals surface area contributed by atoms with E-state index in [-0.39, 0.29) is 17.8 Å². The molecule has 0 aliphatic carbocycles. The third kappa shape index (κ3) is 4.15. The van der Waals surface area contributed by atoms with Crippen LogP contribution in [0.5, 0.6) is 0 Å². The standard InChI is InChI=1S/C21H25N5OS/c1-2-12-25-13-10-16(11-14-25)22-21(27)19-23-20(18-9-6-15-28-18)26(24-19)17-7-4-3-5-8-17/h3-9,15-16H,2,10-14H2,1H3,(H,22,27). The van der Waals surface area contributed by atoms with E-state index in [4.69, 9.17) is 0 Å². The summed E-state index contributed by atoms with van der Waals surface area (Å²) in [5.74, 6) is 0.730. The number of hydrogen-bond donors (Lipinski definition) is 1. The molecule has 0 radical (unpaired) electrons. The highest BCUT2D eigenvalue weighted by Gasteiger charge is 2.24. The zero-order chi connectivity index (χ0) is 19.3. The minimum Gasteiger partial charge on any atom is -0.346 e. The molecule has 0 atom stereocenters. The molecule has 0 bridgehead atoms. The second-order valence-corrected chi connectivity index (χ2v) is 8.02. The summed E-state index contributed by atoms with van der Waals surface area (Å²) >= 11 is 1.59. The minimum atomic E-state index is -0.193. The summed E-state index contributed by atoms with van der Waals surface area (Å²) in [6, 6.07) is 14.0. The molecule has 1 N–H and O–H groups in total. The lowest BCUT2D eigenvalue weighted by molar-refractivity contribution is 0.0900. The second-order valence-electron chi connectivity index (χ2n) is 7.07. The van der Waals surface area contributed by atoms with Gasteiger partial charge in [-0.2, -0.15) is 0 Å². The van der Waals surface area contributed by atoms with Gasteiger partial charge in [-0.1, -0.05) is 31.2 Å². The number of piperidine rings is 1. The van der Waals surface area contributed by atoms with E-state index in [1.165, 1.54) is 6.42 Å². The van der Waals surface area contributed by atoms with E-state index in [0.717, 1.165) is 43.0 Å². The van der Waals surface area contributed by atoms with Crippen molar-refractivity contribution in [2.75, 3.05) is 19.6 Å². The Hall–Kier alpha value is -2.51. The number of thiophene rings is 1. The molecule has 4 rings (SSSR count). The van der Waals surface area contributed by atoms with Gasteiger partial charge in [0.05, 0.1) is 10.6 Å². The molecule has 1 fully saturated rings. The van der Waals surface area contributed by atoms with Crippen LogP contribution in [0.3, 0.4) is 0 Å². The van der Waals surface area contributed by atoms with Crippen molar-refractivity contribution >= 4 is 17.2 Å². The summed E-state index contributed by atoms with van der Waals surface area (Å²) in [5.41, 5.74) is 0.894. The van der Waals surface area contributed by atoms with E-state index in [9.17, 15) is 4.79 Å². The fraction of sp³-hybridized carbons (Fsp3) is 0.381. The molecule has 1 saturated heterocycles. The molecule has 0 unspecified atom stereocenters. The Morgan fingerprint density at radius 1 is 1.18 bits per heavy atom. The van der Waals surface area contributed by atoms with Gasteiger partial charge < -0.3 is 10.2 Å². The van der Waals surface area contributed by atoms with Crippen LogP contribution in [0.15, 0.2) is 47.8 Å². The molecule has 146 valence electrons. The number of hydrogen-bond acceptors (Lipinski definition) is 5. The Kier molecular flexibility index (Phi) is 5.83. The summed E-state index contributed by atoms with van der Waals surface area (Å²) in [6.45, 7) is 5.40. The van der Waals surface area contributed by atoms with Crippen molar-refractivity contribution in [1.82, 2.24) is 25.0 Å². The maximum absolute atomic E-state index is 12.8. The van der Waals surface area contributed by atoms with E-state index in [1.54, 1.807) is 16.0 Å². The van der Waals surface area contributed by atoms with E-state index >= 15 is 0 Å². The topological polar surface area (TPSA) is 63.1 Å². The Balaban J connectivity index is 1.53. The van der Waals surface area contributed by atoms with E-state index < -0.39 is 0 Å². The zero-order valence-electron chi connectivity index (χ0n) is 16.0. The van der Waals surface area contributed by atoms with Crippen molar-refractivity contribution < 1.29 is 4.79 Å². The van der Waals surface area contributed by atoms with E-state index in [0.29, 0.717) is 5.82 Å². The monoisotopic (exact) mass is 395 g/mol. The molecule has 28 heavy (non-hydrogen) atoms. The number of carbonyl (C=O) groups excluding carboxylic acids is 1. The predicted octanol–water partition coefficient (Wildman–Crippen LogP) is 3.60. The molecule has 1 aliphatic heterocycles. The Morgan fingerprint density at radius 2 is 1.96 bits per heavy atom. The first-order valence-corrected chi connectivity index (χ1v) is 10.7. The predicted molar refractivity (Wildman–Crippen MR) is 112 cm³/mol. The van der Waals surface area contributed by atoms with Gasteiger partial charge in [-0.15, -0.1) is 16.4 Å². The average Bonchev–Trinajstić information content (AvgIpc) is 3.40. The Labute approximate surface area is 169 Å². The second kappa shape index (κ2) is 8.67. The van der Waals surface area contributed by atoms with E-state index in [1.807, 2.05) is 47.8 Å². The van der Waals surface area contributed by atoms with Crippen molar-refractivity contribution in [3.63, 3.8) is 0 Å². The summed E-state index contributed by atoms with van der Waals surface area (Å²) in [5, 5.41) is 9.67. The Bertz CT molecular complexity index is 898. The first kappa shape index (κ1) is 18.8. The maximum atomic E-state index is 12.8. The van der Waals surface area contributed by atoms with Gasteiger partial charge in [-0.05, 0) is 49.4 Å². The smallest absolute Gasteiger partial charge is 0.291 e. The molecule has 3 heterocycles. The molecular formula is C21H25N5OS. The van der Waals surface area contributed by atoms with Crippen LogP contribution in [-0.2, 0) is 0 Å². The number of carbonyl (C=O) groups is 1. The lowest BCUT2D eigenvalue weighted by atomic mass is 10.0. The zero-order valence-corrected chi connectivity index (χ0v) is 16.9. The first-order chi connectivity index (χ1) is 13.7. The minimum absolute atomic E-state index is 0.189. The average molecular weight is 396 g/mol. The third-order valence-electron chi connectivity index (χ3n) is 5.02. The van der Waals surface area contributed by atoms with Crippen LogP contribution in [0.4, 0.5) is 0 Å². The lowest BCUT2D eigenvalue weighted by Gasteiger charge is -2.31. The quantitative estimate of drug-likeness (QED) is 0.693. The van der Waals surface area contributed by atoms with Gasteiger partial charge in [0.15, 0.2) is 5.82 Å². The van der Waals surface area contributed by atoms with Crippen LogP contribution in [0, 0.1) is 0 Å². The Morgan fingerprint density at radius 3 is 2.64 bits per heavy atom. The molecule has 0 spiro atoms. The van der Waals surface area contributed by atoms with Crippen molar-refractivity contribution in [1.29, 1.82) is 0 Å². The van der Waals surface area contributed by atoms with Crippen molar-refractivity contribution in [3.8, 4) is 16.4 Å². The van der Waals surface area contributed by atoms with Crippen molar-refractivity contribution in [2.45, 2.75) is 32.2 Å². The van der Waals surface area contributed by atoms with Gasteiger partial charge >= 0.3 is 0 Å². The fourth-order valence-corrected chi connectivity index (χ4v) is 4.29. The van der Waals surface area contributed by atoms with Crippen LogP contribution in [-0.4, -0.2) is 51.2 Å². The molecule has 0 saturated carbocycles. The molecule has 7 heteroatoms. The van der Waals surface area contributed by atoms with E-state index in [2.05, 4.69) is 27.2 Å². The summed E-state index contributed by atoms with van der Waals surface area (Å²) in [4.78, 5) is 20.9. The van der Waals surface area contributed by atoms with Crippen LogP contribution in [0.1, 0.15) is 36.8 Å². The molecule has 1 aliphatic rings. The van der Waals surface area contributed by atoms with Gasteiger partial charge in [0.25, 0.3) is 5.91 Å². The van der Waals surface area contributed by atoms with Gasteiger partial charge in [0, 0.05) is 19.1 Å². The molecule has 1 amide bonds. The fourth-order valence-electron chi connectivity index (χ4n) is 3.59. The van der Waals surface area contributed by atoms with Gasteiger partial charge in [0.1, 0.15) is 0 Å². The van der Waals surface area contributed by atoms with Crippen LogP contribution >= 0.6 is 11.3 Å². The number of nitrogens with one attached hydrogen (secondary N) is 1. The number of likely N-dealkylation sites (tertiary alicyclic amines) is 1. The van der Waals surface area contributed by atoms with Crippen molar-refractivity contribution in [3.05, 3.63) is 53.7 Å². The highest BCUT2D eigenvalue weighted by Crippen LogP contribution is 2.25. The van der Waals surface area contributed by atoms with Gasteiger partial charge in [-0.3, -0.25) is 4.79 Å². The number of para-hydroxylation sites is 1. The SMILES string of the molecule is CCCN1CCC(NC(=O)c2nc(-c3cccs3)n(-c3ccccc3)n2)CC1. The van der Waals surface area contributed by atoms with Crippen LogP contribution in [0.25, 0.3) is 16.4 Å². The third-order valence-corrected chi connectivity index (χ3v) is 5.88. The van der Waals surface area contributed by atoms with Gasteiger partial charge in [-0.25, -0.2) is 9.67 Å². The normalized spacial score (nSPS) is 15.6. The summed E-state index contributed by atoms with van der Waals surface area (Å²) in [7, 11) is 0. The number of benzene rings is 1. The molecule has 2 aromatic heterocycles. The van der Waals surface area contributed by atoms with Gasteiger partial charge in [0.2, 0.25) is 5.82 Å². The number of nitrogens with zero attached hydrogens (tertiary/aromatic N) is 4. The van der Waals surface area contributed by atoms with Crippen LogP contribution in [0.2, 0.25) is 0 Å². The highest BCUT2D eigenvalue weighted by atomic mass is 32.1. The molecule has 6 nitrogen and oxygen atoms in total. The molecular weight excluding hydrogens is 370 g/mol. The van der Waals surface area contributed by atoms with Crippen LogP contribution < -0.4 is 5.32 Å². The number of amides is 1. The number of aromatic nitrogens is 3. The number of rotatable bonds is 6. The largest absolute Gasteiger partial charge is 0.346 e. The summed E-state index contributed by atoms with van der Waals surface area (Å²) < 4.78 is 1.75. The first-order valence-electron chi connectivity index (χ1n) is 9.84. The molecule has 3 aromatic rings. The maximum Gasteiger partial charge on any atom is 0.291 e. The summed E-state index contributed by atoms with van der Waals surface area (Å²) in [6.07, 6.45) is 3.12.